The molecule has 34 heavy (non-hydrogen) atoms. The Morgan fingerprint density at radius 2 is 1.79 bits per heavy atom. The molecular formula is C21H17F3N2O5S3. The van der Waals surface area contributed by atoms with Crippen LogP contribution in [0.15, 0.2) is 69.8 Å². The summed E-state index contributed by atoms with van der Waals surface area (Å²) in [5, 5.41) is 4.21. The average molecular weight is 531 g/mol. The number of hydrogen-bond acceptors (Lipinski definition) is 7. The van der Waals surface area contributed by atoms with Gasteiger partial charge in [0.15, 0.2) is 0 Å². The Bertz CT molecular complexity index is 1310. The van der Waals surface area contributed by atoms with Crippen LogP contribution in [0.5, 0.6) is 0 Å². The van der Waals surface area contributed by atoms with Crippen LogP contribution in [-0.2, 0) is 25.7 Å². The standard InChI is InChI=1S/C21H17F3N2O5S3/c1-31-20(28)19-16(9-10-32-19)25-18(27)12-33-17-8-3-2-7-15(17)26-34(29,30)14-6-4-5-13(11-14)21(22,23)24/h2-11,26H,12H2,1H3,(H,25,27). The lowest BCUT2D eigenvalue weighted by Crippen LogP contribution is -2.17. The van der Waals surface area contributed by atoms with Gasteiger partial charge >= 0.3 is 12.1 Å². The molecule has 0 spiro atoms. The zero-order chi connectivity index (χ0) is 24.9. The first-order chi connectivity index (χ1) is 16.0. The van der Waals surface area contributed by atoms with Gasteiger partial charge in [-0.2, -0.15) is 13.2 Å². The number of methoxy groups -OCH3 is 1. The molecule has 180 valence electrons. The van der Waals surface area contributed by atoms with Crippen LogP contribution in [0, 0.1) is 0 Å². The molecule has 0 aliphatic carbocycles. The Labute approximate surface area is 201 Å². The number of carbonyl (C=O) groups excluding carboxylic acids is 2. The molecule has 0 saturated carbocycles. The number of alkyl halides is 3. The number of nitrogens with one attached hydrogen (secondary N) is 2. The maximum atomic E-state index is 13.0. The third kappa shape index (κ3) is 6.30. The fourth-order valence-corrected chi connectivity index (χ4v) is 5.47. The van der Waals surface area contributed by atoms with Crippen LogP contribution in [-0.4, -0.2) is 33.2 Å². The minimum absolute atomic E-state index is 0.100. The van der Waals surface area contributed by atoms with Gasteiger partial charge in [0.1, 0.15) is 4.88 Å². The zero-order valence-corrected chi connectivity index (χ0v) is 19.8. The lowest BCUT2D eigenvalue weighted by molar-refractivity contribution is -0.137. The third-order valence-corrected chi connectivity index (χ3v) is 7.60. The van der Waals surface area contributed by atoms with Crippen molar-refractivity contribution in [2.45, 2.75) is 16.0 Å². The number of benzene rings is 2. The van der Waals surface area contributed by atoms with E-state index in [1.54, 1.807) is 29.6 Å². The van der Waals surface area contributed by atoms with Crippen LogP contribution in [0.25, 0.3) is 0 Å². The number of sulfonamides is 1. The van der Waals surface area contributed by atoms with Crippen molar-refractivity contribution in [2.75, 3.05) is 22.9 Å². The minimum Gasteiger partial charge on any atom is -0.465 e. The van der Waals surface area contributed by atoms with Gasteiger partial charge in [-0.25, -0.2) is 13.2 Å². The number of amides is 1. The number of ether oxygens (including phenoxy) is 1. The summed E-state index contributed by atoms with van der Waals surface area (Å²) in [5.74, 6) is -1.17. The number of thiophene rings is 1. The molecule has 0 bridgehead atoms. The van der Waals surface area contributed by atoms with Crippen molar-refractivity contribution in [3.8, 4) is 0 Å². The molecular weight excluding hydrogens is 513 g/mol. The highest BCUT2D eigenvalue weighted by Crippen LogP contribution is 2.33. The summed E-state index contributed by atoms with van der Waals surface area (Å²) < 4.78 is 71.2. The number of hydrogen-bond donors (Lipinski definition) is 2. The van der Waals surface area contributed by atoms with Crippen molar-refractivity contribution < 1.29 is 35.9 Å². The number of anilines is 2. The summed E-state index contributed by atoms with van der Waals surface area (Å²) in [6.07, 6.45) is -4.69. The zero-order valence-electron chi connectivity index (χ0n) is 17.4. The Morgan fingerprint density at radius 1 is 1.06 bits per heavy atom. The third-order valence-electron chi connectivity index (χ3n) is 4.27. The smallest absolute Gasteiger partial charge is 0.416 e. The molecule has 7 nitrogen and oxygen atoms in total. The van der Waals surface area contributed by atoms with Gasteiger partial charge in [0.2, 0.25) is 5.91 Å². The number of para-hydroxylation sites is 1. The number of halogens is 3. The molecule has 1 amide bonds. The van der Waals surface area contributed by atoms with E-state index in [-0.39, 0.29) is 16.3 Å². The Kier molecular flexibility index (Phi) is 7.89. The average Bonchev–Trinajstić information content (AvgIpc) is 3.25. The van der Waals surface area contributed by atoms with E-state index in [1.807, 2.05) is 0 Å². The van der Waals surface area contributed by atoms with Gasteiger partial charge < -0.3 is 10.1 Å². The van der Waals surface area contributed by atoms with Gasteiger partial charge in [0.05, 0.1) is 34.7 Å². The highest BCUT2D eigenvalue weighted by molar-refractivity contribution is 8.00. The predicted molar refractivity (Wildman–Crippen MR) is 124 cm³/mol. The van der Waals surface area contributed by atoms with Crippen molar-refractivity contribution in [3.05, 3.63) is 70.4 Å². The maximum Gasteiger partial charge on any atom is 0.416 e. The second kappa shape index (κ2) is 10.5. The van der Waals surface area contributed by atoms with Crippen LogP contribution < -0.4 is 10.0 Å². The van der Waals surface area contributed by atoms with Crippen molar-refractivity contribution in [1.82, 2.24) is 0 Å². The summed E-state index contributed by atoms with van der Waals surface area (Å²) in [6, 6.07) is 11.1. The summed E-state index contributed by atoms with van der Waals surface area (Å²) in [5.41, 5.74) is -0.695. The molecule has 1 aromatic heterocycles. The topological polar surface area (TPSA) is 102 Å². The van der Waals surface area contributed by atoms with E-state index in [2.05, 4.69) is 14.8 Å². The van der Waals surface area contributed by atoms with Crippen LogP contribution in [0.1, 0.15) is 15.2 Å². The first-order valence-corrected chi connectivity index (χ1v) is 12.7. The molecule has 0 atom stereocenters. The van der Waals surface area contributed by atoms with Crippen molar-refractivity contribution in [1.29, 1.82) is 0 Å². The van der Waals surface area contributed by atoms with Gasteiger partial charge in [-0.05, 0) is 41.8 Å². The molecule has 0 fully saturated rings. The summed E-state index contributed by atoms with van der Waals surface area (Å²) >= 11 is 2.11. The molecule has 0 aliphatic heterocycles. The monoisotopic (exact) mass is 530 g/mol. The number of carbonyl (C=O) groups is 2. The number of rotatable bonds is 8. The molecule has 1 heterocycles. The second-order valence-corrected chi connectivity index (χ2v) is 10.2. The Balaban J connectivity index is 1.72. The fraction of sp³-hybridized carbons (Fsp3) is 0.143. The van der Waals surface area contributed by atoms with E-state index >= 15 is 0 Å². The first-order valence-electron chi connectivity index (χ1n) is 9.39. The Hall–Kier alpha value is -3.03. The maximum absolute atomic E-state index is 13.0. The molecule has 0 saturated heterocycles. The molecule has 2 N–H and O–H groups in total. The van der Waals surface area contributed by atoms with E-state index in [0.29, 0.717) is 16.6 Å². The molecule has 3 rings (SSSR count). The van der Waals surface area contributed by atoms with Crippen molar-refractivity contribution in [2.24, 2.45) is 0 Å². The van der Waals surface area contributed by atoms with E-state index in [9.17, 15) is 31.2 Å². The van der Waals surface area contributed by atoms with Crippen molar-refractivity contribution in [3.63, 3.8) is 0 Å². The predicted octanol–water partition coefficient (Wildman–Crippen LogP) is 5.09. The highest BCUT2D eigenvalue weighted by atomic mass is 32.2. The Morgan fingerprint density at radius 3 is 2.50 bits per heavy atom. The van der Waals surface area contributed by atoms with Crippen LogP contribution in [0.3, 0.4) is 0 Å². The normalized spacial score (nSPS) is 11.6. The number of thioether (sulfide) groups is 1. The summed E-state index contributed by atoms with van der Waals surface area (Å²) in [6.45, 7) is 0. The number of esters is 1. The lowest BCUT2D eigenvalue weighted by Gasteiger charge is -2.14. The van der Waals surface area contributed by atoms with Gasteiger partial charge in [-0.1, -0.05) is 18.2 Å². The van der Waals surface area contributed by atoms with E-state index < -0.39 is 38.5 Å². The van der Waals surface area contributed by atoms with Gasteiger partial charge in [-0.15, -0.1) is 23.1 Å². The highest BCUT2D eigenvalue weighted by Gasteiger charge is 2.31. The van der Waals surface area contributed by atoms with Gasteiger partial charge in [0.25, 0.3) is 10.0 Å². The molecule has 2 aromatic carbocycles. The molecule has 13 heteroatoms. The SMILES string of the molecule is COC(=O)c1sccc1NC(=O)CSc1ccccc1NS(=O)(=O)c1cccc(C(F)(F)F)c1. The summed E-state index contributed by atoms with van der Waals surface area (Å²) in [7, 11) is -3.11. The van der Waals surface area contributed by atoms with E-state index in [4.69, 9.17) is 0 Å². The fourth-order valence-electron chi connectivity index (χ4n) is 2.71. The van der Waals surface area contributed by atoms with Gasteiger partial charge in [0, 0.05) is 4.90 Å². The minimum atomic E-state index is -4.69. The van der Waals surface area contributed by atoms with E-state index in [0.717, 1.165) is 41.3 Å². The molecule has 0 aliphatic rings. The lowest BCUT2D eigenvalue weighted by atomic mass is 10.2. The van der Waals surface area contributed by atoms with Crippen LogP contribution in [0.4, 0.5) is 24.5 Å². The summed E-state index contributed by atoms with van der Waals surface area (Å²) in [4.78, 5) is 24.2. The first kappa shape index (κ1) is 25.6. The van der Waals surface area contributed by atoms with E-state index in [1.165, 1.54) is 13.2 Å². The quantitative estimate of drug-likeness (QED) is 0.311. The largest absolute Gasteiger partial charge is 0.465 e. The molecule has 0 unspecified atom stereocenters. The molecule has 0 radical (unpaired) electrons. The van der Waals surface area contributed by atoms with Gasteiger partial charge in [-0.3, -0.25) is 9.52 Å². The van der Waals surface area contributed by atoms with Crippen molar-refractivity contribution >= 4 is 56.4 Å². The van der Waals surface area contributed by atoms with Crippen LogP contribution in [0.2, 0.25) is 0 Å². The van der Waals surface area contributed by atoms with Crippen LogP contribution >= 0.6 is 23.1 Å². The molecule has 3 aromatic rings. The second-order valence-electron chi connectivity index (χ2n) is 6.62.